The van der Waals surface area contributed by atoms with Crippen molar-refractivity contribution in [1.82, 2.24) is 4.98 Å². The summed E-state index contributed by atoms with van der Waals surface area (Å²) in [6, 6.07) is 30.6. The smallest absolute Gasteiger partial charge is 0.120 e. The van der Waals surface area contributed by atoms with Crippen molar-refractivity contribution < 1.29 is 9.47 Å². The maximum atomic E-state index is 6.07. The summed E-state index contributed by atoms with van der Waals surface area (Å²) in [5.41, 5.74) is 6.87. The molecule has 32 heavy (non-hydrogen) atoms. The van der Waals surface area contributed by atoms with Gasteiger partial charge in [0.2, 0.25) is 0 Å². The molecule has 5 rings (SSSR count). The van der Waals surface area contributed by atoms with Crippen molar-refractivity contribution in [3.05, 3.63) is 132 Å². The molecule has 157 valence electrons. The molecular weight excluding hydrogens is 394 g/mol. The molecule has 0 N–H and O–H groups in total. The first-order valence-corrected chi connectivity index (χ1v) is 10.8. The van der Waals surface area contributed by atoms with Crippen molar-refractivity contribution in [2.75, 3.05) is 0 Å². The monoisotopic (exact) mass is 418 g/mol. The molecule has 1 heterocycles. The van der Waals surface area contributed by atoms with E-state index in [9.17, 15) is 0 Å². The van der Waals surface area contributed by atoms with Gasteiger partial charge in [0.15, 0.2) is 0 Å². The Morgan fingerprint density at radius 3 is 2.19 bits per heavy atom. The van der Waals surface area contributed by atoms with E-state index in [1.807, 2.05) is 60.8 Å². The molecule has 1 radical (unpaired) electrons. The Hall–Kier alpha value is -3.85. The minimum Gasteiger partial charge on any atom is -0.489 e. The number of para-hydroxylation sites is 1. The lowest BCUT2D eigenvalue weighted by Gasteiger charge is -2.10. The third kappa shape index (κ3) is 5.44. The summed E-state index contributed by atoms with van der Waals surface area (Å²) >= 11 is 0. The number of nitrogens with zero attached hydrogens (tertiary/aromatic N) is 1. The standard InChI is InChI=1S/C29H24NO2/c1-2-9-27(10-3-1)31-21-25-14-15-29(30-19-25)26-8-5-11-28(18-26)32-20-24-7-4-6-23(17-24)16-22-12-13-22/h1-15,17-19H,16,20-21H2. The van der Waals surface area contributed by atoms with E-state index in [-0.39, 0.29) is 0 Å². The normalized spacial score (nSPS) is 12.2. The summed E-state index contributed by atoms with van der Waals surface area (Å²) in [4.78, 5) is 4.62. The van der Waals surface area contributed by atoms with E-state index in [0.717, 1.165) is 34.7 Å². The molecule has 0 atom stereocenters. The summed E-state index contributed by atoms with van der Waals surface area (Å²) in [5.74, 6) is 1.69. The van der Waals surface area contributed by atoms with E-state index in [4.69, 9.17) is 9.47 Å². The van der Waals surface area contributed by atoms with Gasteiger partial charge in [-0.1, -0.05) is 72.3 Å². The first kappa shape index (κ1) is 20.1. The summed E-state index contributed by atoms with van der Waals surface area (Å²) in [6.45, 7) is 1.04. The highest BCUT2D eigenvalue weighted by atomic mass is 16.5. The molecule has 0 bridgehead atoms. The summed E-state index contributed by atoms with van der Waals surface area (Å²) in [5, 5.41) is 0. The van der Waals surface area contributed by atoms with Crippen LogP contribution < -0.4 is 9.47 Å². The fraction of sp³-hybridized carbons (Fsp3) is 0.103. The number of aromatic nitrogens is 1. The van der Waals surface area contributed by atoms with Gasteiger partial charge in [0.25, 0.3) is 0 Å². The molecule has 0 amide bonds. The molecule has 0 aliphatic heterocycles. The predicted molar refractivity (Wildman–Crippen MR) is 127 cm³/mol. The average molecular weight is 419 g/mol. The van der Waals surface area contributed by atoms with Crippen LogP contribution in [0, 0.1) is 6.42 Å². The third-order valence-electron chi connectivity index (χ3n) is 5.31. The molecular formula is C29H24NO2. The van der Waals surface area contributed by atoms with Gasteiger partial charge in [-0.25, -0.2) is 0 Å². The van der Waals surface area contributed by atoms with Gasteiger partial charge in [-0.05, 0) is 47.9 Å². The first-order chi connectivity index (χ1) is 15.8. The van der Waals surface area contributed by atoms with Gasteiger partial charge < -0.3 is 9.47 Å². The number of allylic oxidation sites excluding steroid dienone is 2. The van der Waals surface area contributed by atoms with E-state index >= 15 is 0 Å². The van der Waals surface area contributed by atoms with Crippen LogP contribution in [-0.2, 0) is 19.6 Å². The second-order valence-electron chi connectivity index (χ2n) is 7.87. The van der Waals surface area contributed by atoms with Gasteiger partial charge in [-0.15, -0.1) is 0 Å². The lowest BCUT2D eigenvalue weighted by molar-refractivity contribution is 0.305. The molecule has 0 spiro atoms. The highest BCUT2D eigenvalue weighted by Gasteiger charge is 2.09. The zero-order valence-corrected chi connectivity index (χ0v) is 17.8. The molecule has 0 unspecified atom stereocenters. The number of rotatable bonds is 9. The Morgan fingerprint density at radius 2 is 1.38 bits per heavy atom. The Labute approximate surface area is 189 Å². The molecule has 0 saturated carbocycles. The fourth-order valence-corrected chi connectivity index (χ4v) is 3.52. The maximum absolute atomic E-state index is 6.07. The van der Waals surface area contributed by atoms with E-state index in [2.05, 4.69) is 53.9 Å². The van der Waals surface area contributed by atoms with E-state index in [1.54, 1.807) is 0 Å². The molecule has 3 aromatic carbocycles. The minimum atomic E-state index is 0.495. The zero-order chi connectivity index (χ0) is 21.6. The highest BCUT2D eigenvalue weighted by Crippen LogP contribution is 2.25. The van der Waals surface area contributed by atoms with Gasteiger partial charge in [-0.2, -0.15) is 0 Å². The first-order valence-electron chi connectivity index (χ1n) is 10.8. The van der Waals surface area contributed by atoms with Crippen LogP contribution in [0.2, 0.25) is 0 Å². The number of hydrogen-bond donors (Lipinski definition) is 0. The van der Waals surface area contributed by atoms with Gasteiger partial charge in [0, 0.05) is 23.7 Å². The molecule has 1 aliphatic rings. The van der Waals surface area contributed by atoms with Gasteiger partial charge in [0.05, 0.1) is 5.69 Å². The van der Waals surface area contributed by atoms with Crippen LogP contribution in [0.25, 0.3) is 11.3 Å². The molecule has 0 fully saturated rings. The Morgan fingerprint density at radius 1 is 0.625 bits per heavy atom. The predicted octanol–water partition coefficient (Wildman–Crippen LogP) is 6.59. The highest BCUT2D eigenvalue weighted by molar-refractivity contribution is 5.61. The lowest BCUT2D eigenvalue weighted by atomic mass is 10.1. The topological polar surface area (TPSA) is 31.4 Å². The second-order valence-corrected chi connectivity index (χ2v) is 7.87. The number of pyridine rings is 1. The van der Waals surface area contributed by atoms with Crippen LogP contribution in [0.15, 0.2) is 109 Å². The van der Waals surface area contributed by atoms with Gasteiger partial charge in [0.1, 0.15) is 24.7 Å². The number of ether oxygens (including phenoxy) is 2. The van der Waals surface area contributed by atoms with Crippen molar-refractivity contribution in [1.29, 1.82) is 0 Å². The van der Waals surface area contributed by atoms with Crippen LogP contribution in [0.1, 0.15) is 16.7 Å². The Kier molecular flexibility index (Phi) is 5.98. The third-order valence-corrected chi connectivity index (χ3v) is 5.31. The summed E-state index contributed by atoms with van der Waals surface area (Å²) in [6.07, 6.45) is 7.18. The quantitative estimate of drug-likeness (QED) is 0.307. The van der Waals surface area contributed by atoms with E-state index in [1.165, 1.54) is 16.7 Å². The molecule has 1 aromatic heterocycles. The molecule has 3 nitrogen and oxygen atoms in total. The zero-order valence-electron chi connectivity index (χ0n) is 17.8. The Balaban J connectivity index is 1.20. The van der Waals surface area contributed by atoms with Crippen molar-refractivity contribution in [2.45, 2.75) is 19.6 Å². The second kappa shape index (κ2) is 9.52. The van der Waals surface area contributed by atoms with Crippen LogP contribution in [0.4, 0.5) is 0 Å². The lowest BCUT2D eigenvalue weighted by Crippen LogP contribution is -1.98. The fourth-order valence-electron chi connectivity index (χ4n) is 3.52. The van der Waals surface area contributed by atoms with Crippen LogP contribution in [-0.4, -0.2) is 4.98 Å². The van der Waals surface area contributed by atoms with Crippen molar-refractivity contribution >= 4 is 0 Å². The summed E-state index contributed by atoms with van der Waals surface area (Å²) in [7, 11) is 0. The van der Waals surface area contributed by atoms with E-state index in [0.29, 0.717) is 13.2 Å². The summed E-state index contributed by atoms with van der Waals surface area (Å²) < 4.78 is 11.9. The molecule has 0 saturated heterocycles. The maximum Gasteiger partial charge on any atom is 0.120 e. The minimum absolute atomic E-state index is 0.495. The number of benzene rings is 3. The average Bonchev–Trinajstić information content (AvgIpc) is 3.67. The largest absolute Gasteiger partial charge is 0.489 e. The van der Waals surface area contributed by atoms with Crippen LogP contribution >= 0.6 is 0 Å². The number of hydrogen-bond acceptors (Lipinski definition) is 3. The van der Waals surface area contributed by atoms with E-state index < -0.39 is 0 Å². The van der Waals surface area contributed by atoms with Crippen LogP contribution in [0.3, 0.4) is 0 Å². The SMILES string of the molecule is [CH]1C=C1Cc1cccc(COc2cccc(-c3ccc(COc4ccccc4)cn3)c2)c1. The van der Waals surface area contributed by atoms with Crippen molar-refractivity contribution in [2.24, 2.45) is 0 Å². The molecule has 1 aliphatic carbocycles. The molecule has 3 heteroatoms. The van der Waals surface area contributed by atoms with Gasteiger partial charge in [-0.3, -0.25) is 4.98 Å². The van der Waals surface area contributed by atoms with Gasteiger partial charge >= 0.3 is 0 Å². The van der Waals surface area contributed by atoms with Crippen molar-refractivity contribution in [3.63, 3.8) is 0 Å². The van der Waals surface area contributed by atoms with Crippen molar-refractivity contribution in [3.8, 4) is 22.8 Å². The van der Waals surface area contributed by atoms with Crippen LogP contribution in [0.5, 0.6) is 11.5 Å². The Bertz CT molecular complexity index is 1210. The molecule has 4 aromatic rings.